The molecular weight excluding hydrogens is 266 g/mol. The highest BCUT2D eigenvalue weighted by Crippen LogP contribution is 2.32. The lowest BCUT2D eigenvalue weighted by Gasteiger charge is -2.37. The van der Waals surface area contributed by atoms with Gasteiger partial charge in [-0.25, -0.2) is 4.98 Å². The first-order valence-corrected chi connectivity index (χ1v) is 8.76. The van der Waals surface area contributed by atoms with Gasteiger partial charge in [-0.1, -0.05) is 13.3 Å². The van der Waals surface area contributed by atoms with Gasteiger partial charge in [-0.3, -0.25) is 0 Å². The molecule has 3 unspecified atom stereocenters. The van der Waals surface area contributed by atoms with Crippen molar-refractivity contribution < 1.29 is 0 Å². The van der Waals surface area contributed by atoms with Crippen LogP contribution >= 0.6 is 11.3 Å². The van der Waals surface area contributed by atoms with E-state index in [2.05, 4.69) is 43.1 Å². The van der Waals surface area contributed by atoms with Crippen molar-refractivity contribution >= 4 is 11.3 Å². The molecule has 1 aliphatic rings. The summed E-state index contributed by atoms with van der Waals surface area (Å²) < 4.78 is 0. The van der Waals surface area contributed by atoms with Crippen LogP contribution in [0.3, 0.4) is 0 Å². The molecule has 1 fully saturated rings. The minimum absolute atomic E-state index is 0.697. The molecule has 114 valence electrons. The van der Waals surface area contributed by atoms with Crippen LogP contribution in [-0.2, 0) is 6.54 Å². The number of hydrogen-bond donors (Lipinski definition) is 1. The van der Waals surface area contributed by atoms with Crippen molar-refractivity contribution in [2.24, 2.45) is 11.8 Å². The van der Waals surface area contributed by atoms with Crippen LogP contribution < -0.4 is 5.32 Å². The summed E-state index contributed by atoms with van der Waals surface area (Å²) in [7, 11) is 4.37. The standard InChI is InChI=1S/C16H29N3S/c1-5-13-6-7-15(17-3)14(8-13)9-19(4)10-16-12(2)18-11-20-16/h11,13-15,17H,5-10H2,1-4H3. The van der Waals surface area contributed by atoms with Gasteiger partial charge in [0.1, 0.15) is 0 Å². The molecule has 3 nitrogen and oxygen atoms in total. The largest absolute Gasteiger partial charge is 0.317 e. The van der Waals surface area contributed by atoms with Crippen LogP contribution in [0.25, 0.3) is 0 Å². The highest BCUT2D eigenvalue weighted by Gasteiger charge is 2.29. The van der Waals surface area contributed by atoms with Crippen LogP contribution in [0.5, 0.6) is 0 Å². The number of aromatic nitrogens is 1. The van der Waals surface area contributed by atoms with E-state index in [0.717, 1.165) is 18.4 Å². The summed E-state index contributed by atoms with van der Waals surface area (Å²) in [5.74, 6) is 1.72. The lowest BCUT2D eigenvalue weighted by atomic mass is 9.76. The quantitative estimate of drug-likeness (QED) is 0.873. The van der Waals surface area contributed by atoms with Crippen LogP contribution in [-0.4, -0.2) is 36.6 Å². The van der Waals surface area contributed by atoms with E-state index in [0.29, 0.717) is 6.04 Å². The monoisotopic (exact) mass is 295 g/mol. The molecule has 1 aliphatic carbocycles. The van der Waals surface area contributed by atoms with Crippen LogP contribution in [0.2, 0.25) is 0 Å². The Morgan fingerprint density at radius 1 is 1.45 bits per heavy atom. The number of thiazole rings is 1. The third kappa shape index (κ3) is 4.03. The zero-order valence-electron chi connectivity index (χ0n) is 13.4. The molecule has 0 saturated heterocycles. The van der Waals surface area contributed by atoms with Gasteiger partial charge in [-0.15, -0.1) is 11.3 Å². The van der Waals surface area contributed by atoms with Gasteiger partial charge in [0.15, 0.2) is 0 Å². The summed E-state index contributed by atoms with van der Waals surface area (Å²) in [6.45, 7) is 6.69. The van der Waals surface area contributed by atoms with Crippen molar-refractivity contribution in [3.63, 3.8) is 0 Å². The van der Waals surface area contributed by atoms with Gasteiger partial charge in [-0.2, -0.15) is 0 Å². The molecule has 0 amide bonds. The van der Waals surface area contributed by atoms with Gasteiger partial charge in [0.2, 0.25) is 0 Å². The molecule has 0 aliphatic heterocycles. The van der Waals surface area contributed by atoms with Gasteiger partial charge in [0.05, 0.1) is 11.2 Å². The Morgan fingerprint density at radius 3 is 2.85 bits per heavy atom. The maximum absolute atomic E-state index is 4.35. The van der Waals surface area contributed by atoms with Gasteiger partial charge >= 0.3 is 0 Å². The van der Waals surface area contributed by atoms with Gasteiger partial charge in [-0.05, 0) is 52.1 Å². The Kier molecular flexibility index (Phi) is 6.00. The van der Waals surface area contributed by atoms with Crippen molar-refractivity contribution in [1.29, 1.82) is 0 Å². The molecule has 0 bridgehead atoms. The van der Waals surface area contributed by atoms with E-state index >= 15 is 0 Å². The molecular formula is C16H29N3S. The lowest BCUT2D eigenvalue weighted by Crippen LogP contribution is -2.43. The summed E-state index contributed by atoms with van der Waals surface area (Å²) in [5.41, 5.74) is 3.16. The first-order valence-electron chi connectivity index (χ1n) is 7.88. The number of nitrogens with zero attached hydrogens (tertiary/aromatic N) is 2. The predicted octanol–water partition coefficient (Wildman–Crippen LogP) is 3.30. The summed E-state index contributed by atoms with van der Waals surface area (Å²) >= 11 is 1.78. The number of aryl methyl sites for hydroxylation is 1. The molecule has 4 heteroatoms. The van der Waals surface area contributed by atoms with E-state index < -0.39 is 0 Å². The van der Waals surface area contributed by atoms with E-state index in [1.807, 2.05) is 5.51 Å². The molecule has 1 aromatic rings. The minimum atomic E-state index is 0.697. The van der Waals surface area contributed by atoms with Crippen molar-refractivity contribution in [2.75, 3.05) is 20.6 Å². The zero-order valence-corrected chi connectivity index (χ0v) is 14.2. The number of nitrogens with one attached hydrogen (secondary N) is 1. The lowest BCUT2D eigenvalue weighted by molar-refractivity contribution is 0.154. The topological polar surface area (TPSA) is 28.2 Å². The fourth-order valence-electron chi connectivity index (χ4n) is 3.50. The second-order valence-electron chi connectivity index (χ2n) is 6.30. The van der Waals surface area contributed by atoms with Gasteiger partial charge in [0.25, 0.3) is 0 Å². The Bertz CT molecular complexity index is 404. The van der Waals surface area contributed by atoms with Crippen LogP contribution in [0.1, 0.15) is 43.2 Å². The maximum atomic E-state index is 4.35. The third-order valence-corrected chi connectivity index (χ3v) is 5.76. The van der Waals surface area contributed by atoms with Crippen LogP contribution in [0.4, 0.5) is 0 Å². The fourth-order valence-corrected chi connectivity index (χ4v) is 4.36. The van der Waals surface area contributed by atoms with Crippen molar-refractivity contribution in [3.8, 4) is 0 Å². The number of rotatable bonds is 6. The molecule has 0 spiro atoms. The molecule has 1 heterocycles. The maximum Gasteiger partial charge on any atom is 0.0798 e. The second-order valence-corrected chi connectivity index (χ2v) is 7.24. The highest BCUT2D eigenvalue weighted by atomic mass is 32.1. The van der Waals surface area contributed by atoms with E-state index in [9.17, 15) is 0 Å². The first kappa shape index (κ1) is 15.9. The van der Waals surface area contributed by atoms with E-state index in [1.165, 1.54) is 42.8 Å². The molecule has 1 N–H and O–H groups in total. The second kappa shape index (κ2) is 7.53. The Balaban J connectivity index is 1.90. The Morgan fingerprint density at radius 2 is 2.25 bits per heavy atom. The van der Waals surface area contributed by atoms with Crippen LogP contribution in [0.15, 0.2) is 5.51 Å². The van der Waals surface area contributed by atoms with Crippen LogP contribution in [0, 0.1) is 18.8 Å². The molecule has 0 aromatic carbocycles. The molecule has 2 rings (SSSR count). The molecule has 1 aromatic heterocycles. The average molecular weight is 295 g/mol. The van der Waals surface area contributed by atoms with Crippen molar-refractivity contribution in [3.05, 3.63) is 16.1 Å². The molecule has 20 heavy (non-hydrogen) atoms. The molecule has 3 atom stereocenters. The summed E-state index contributed by atoms with van der Waals surface area (Å²) in [6.07, 6.45) is 5.46. The third-order valence-electron chi connectivity index (χ3n) is 4.84. The van der Waals surface area contributed by atoms with E-state index in [4.69, 9.17) is 0 Å². The fraction of sp³-hybridized carbons (Fsp3) is 0.812. The Labute approximate surface area is 127 Å². The van der Waals surface area contributed by atoms with E-state index in [-0.39, 0.29) is 0 Å². The normalized spacial score (nSPS) is 27.1. The Hall–Kier alpha value is -0.450. The molecule has 1 saturated carbocycles. The first-order chi connectivity index (χ1) is 9.63. The van der Waals surface area contributed by atoms with Crippen molar-refractivity contribution in [2.45, 2.75) is 52.1 Å². The SMILES string of the molecule is CCC1CCC(NC)C(CN(C)Cc2scnc2C)C1. The minimum Gasteiger partial charge on any atom is -0.317 e. The smallest absolute Gasteiger partial charge is 0.0798 e. The van der Waals surface area contributed by atoms with E-state index in [1.54, 1.807) is 11.3 Å². The number of hydrogen-bond acceptors (Lipinski definition) is 4. The zero-order chi connectivity index (χ0) is 14.5. The summed E-state index contributed by atoms with van der Waals surface area (Å²) in [6, 6.07) is 0.697. The average Bonchev–Trinajstić information content (AvgIpc) is 2.84. The summed E-state index contributed by atoms with van der Waals surface area (Å²) in [5, 5.41) is 3.54. The van der Waals surface area contributed by atoms with Gasteiger partial charge < -0.3 is 10.2 Å². The highest BCUT2D eigenvalue weighted by molar-refractivity contribution is 7.09. The van der Waals surface area contributed by atoms with Crippen molar-refractivity contribution in [1.82, 2.24) is 15.2 Å². The summed E-state index contributed by atoms with van der Waals surface area (Å²) in [4.78, 5) is 8.25. The van der Waals surface area contributed by atoms with Gasteiger partial charge in [0, 0.05) is 24.0 Å². The molecule has 0 radical (unpaired) electrons. The predicted molar refractivity (Wildman–Crippen MR) is 87.2 cm³/mol.